The SMILES string of the molecule is O=[N+]([O-])c1ccc2c(c1)[C@@H]1[C@H]3CC[C@@H](C3)[C@@H]1[C@@H](c1cccc(Br)c1)N2. The smallest absolute Gasteiger partial charge is 0.269 e. The first-order chi connectivity index (χ1) is 12.1. The third-order valence-corrected chi connectivity index (χ3v) is 6.98. The quantitative estimate of drug-likeness (QED) is 0.524. The molecule has 2 fully saturated rings. The fourth-order valence-corrected chi connectivity index (χ4v) is 6.03. The third kappa shape index (κ3) is 2.32. The van der Waals surface area contributed by atoms with E-state index in [0.717, 1.165) is 21.6 Å². The molecule has 0 saturated heterocycles. The fraction of sp³-hybridized carbons (Fsp3) is 0.400. The van der Waals surface area contributed by atoms with E-state index in [1.807, 2.05) is 12.1 Å². The molecule has 2 aromatic rings. The number of rotatable bonds is 2. The molecule has 0 spiro atoms. The molecule has 1 N–H and O–H groups in total. The lowest BCUT2D eigenvalue weighted by molar-refractivity contribution is -0.384. The van der Waals surface area contributed by atoms with Gasteiger partial charge in [-0.1, -0.05) is 28.1 Å². The van der Waals surface area contributed by atoms with E-state index in [-0.39, 0.29) is 16.7 Å². The molecule has 5 heteroatoms. The first-order valence-corrected chi connectivity index (χ1v) is 9.71. The van der Waals surface area contributed by atoms with Crippen molar-refractivity contribution in [1.29, 1.82) is 0 Å². The van der Waals surface area contributed by atoms with Gasteiger partial charge in [-0.25, -0.2) is 0 Å². The maximum atomic E-state index is 11.2. The van der Waals surface area contributed by atoms with Crippen molar-refractivity contribution in [3.63, 3.8) is 0 Å². The van der Waals surface area contributed by atoms with Crippen LogP contribution in [0.25, 0.3) is 0 Å². The highest BCUT2D eigenvalue weighted by Crippen LogP contribution is 2.63. The number of nitrogens with zero attached hydrogens (tertiary/aromatic N) is 1. The predicted molar refractivity (Wildman–Crippen MR) is 101 cm³/mol. The minimum Gasteiger partial charge on any atom is -0.378 e. The van der Waals surface area contributed by atoms with Gasteiger partial charge in [0.05, 0.1) is 11.0 Å². The highest BCUT2D eigenvalue weighted by Gasteiger charge is 2.54. The van der Waals surface area contributed by atoms with Crippen LogP contribution in [-0.4, -0.2) is 4.92 Å². The third-order valence-electron chi connectivity index (χ3n) is 6.49. The second-order valence-corrected chi connectivity index (χ2v) is 8.56. The van der Waals surface area contributed by atoms with Crippen molar-refractivity contribution in [2.24, 2.45) is 17.8 Å². The monoisotopic (exact) mass is 398 g/mol. The fourth-order valence-electron chi connectivity index (χ4n) is 5.62. The van der Waals surface area contributed by atoms with Gasteiger partial charge in [0, 0.05) is 22.3 Å². The maximum Gasteiger partial charge on any atom is 0.269 e. The van der Waals surface area contributed by atoms with Gasteiger partial charge in [0.1, 0.15) is 0 Å². The van der Waals surface area contributed by atoms with Crippen molar-refractivity contribution in [3.05, 3.63) is 68.2 Å². The average molecular weight is 399 g/mol. The Morgan fingerprint density at radius 1 is 1.12 bits per heavy atom. The molecule has 4 nitrogen and oxygen atoms in total. The zero-order valence-electron chi connectivity index (χ0n) is 13.7. The van der Waals surface area contributed by atoms with E-state index in [4.69, 9.17) is 0 Å². The van der Waals surface area contributed by atoms with Gasteiger partial charge in [0.15, 0.2) is 0 Å². The van der Waals surface area contributed by atoms with E-state index in [9.17, 15) is 10.1 Å². The standard InChI is InChI=1S/C20H19BrN2O2/c21-14-3-1-2-13(9-14)20-19-12-5-4-11(8-12)18(19)16-10-15(23(24)25)6-7-17(16)22-20/h1-3,6-7,9-12,18-20,22H,4-5,8H2/t11-,12-,18-,19-,20+/m0/s1. The second-order valence-electron chi connectivity index (χ2n) is 7.64. The van der Waals surface area contributed by atoms with Gasteiger partial charge in [-0.05, 0) is 72.3 Å². The van der Waals surface area contributed by atoms with Gasteiger partial charge in [0.2, 0.25) is 0 Å². The van der Waals surface area contributed by atoms with Gasteiger partial charge in [-0.15, -0.1) is 0 Å². The van der Waals surface area contributed by atoms with Crippen LogP contribution in [0.4, 0.5) is 11.4 Å². The van der Waals surface area contributed by atoms with Gasteiger partial charge in [-0.3, -0.25) is 10.1 Å². The average Bonchev–Trinajstić information content (AvgIpc) is 3.22. The summed E-state index contributed by atoms with van der Waals surface area (Å²) in [5.74, 6) is 2.37. The topological polar surface area (TPSA) is 55.2 Å². The number of benzene rings is 2. The predicted octanol–water partition coefficient (Wildman–Crippen LogP) is 5.65. The van der Waals surface area contributed by atoms with Gasteiger partial charge in [-0.2, -0.15) is 0 Å². The number of nitro groups is 1. The van der Waals surface area contributed by atoms with Crippen molar-refractivity contribution in [1.82, 2.24) is 0 Å². The minimum atomic E-state index is -0.275. The molecule has 3 aliphatic rings. The van der Waals surface area contributed by atoms with E-state index < -0.39 is 0 Å². The van der Waals surface area contributed by atoms with Crippen LogP contribution in [0.2, 0.25) is 0 Å². The van der Waals surface area contributed by atoms with Crippen molar-refractivity contribution in [2.75, 3.05) is 5.32 Å². The van der Waals surface area contributed by atoms with Crippen LogP contribution in [0, 0.1) is 27.9 Å². The number of hydrogen-bond donors (Lipinski definition) is 1. The van der Waals surface area contributed by atoms with Gasteiger partial charge in [0.25, 0.3) is 5.69 Å². The molecule has 25 heavy (non-hydrogen) atoms. The first-order valence-electron chi connectivity index (χ1n) is 8.92. The van der Waals surface area contributed by atoms with Crippen LogP contribution in [0.3, 0.4) is 0 Å². The molecule has 2 saturated carbocycles. The zero-order valence-corrected chi connectivity index (χ0v) is 15.3. The molecule has 2 aliphatic carbocycles. The maximum absolute atomic E-state index is 11.2. The van der Waals surface area contributed by atoms with E-state index in [1.54, 1.807) is 6.07 Å². The van der Waals surface area contributed by atoms with E-state index in [0.29, 0.717) is 17.8 Å². The summed E-state index contributed by atoms with van der Waals surface area (Å²) in [6.45, 7) is 0. The molecule has 2 aromatic carbocycles. The molecule has 2 bridgehead atoms. The molecule has 0 radical (unpaired) electrons. The Morgan fingerprint density at radius 3 is 2.76 bits per heavy atom. The summed E-state index contributed by atoms with van der Waals surface area (Å²) in [5.41, 5.74) is 3.76. The summed E-state index contributed by atoms with van der Waals surface area (Å²) in [6.07, 6.45) is 3.82. The second kappa shape index (κ2) is 5.56. The van der Waals surface area contributed by atoms with E-state index in [2.05, 4.69) is 45.5 Å². The summed E-state index contributed by atoms with van der Waals surface area (Å²) >= 11 is 3.60. The number of hydrogen-bond acceptors (Lipinski definition) is 3. The number of fused-ring (bicyclic) bond motifs is 7. The Morgan fingerprint density at radius 2 is 1.96 bits per heavy atom. The Labute approximate surface area is 154 Å². The van der Waals surface area contributed by atoms with Crippen LogP contribution in [0.1, 0.15) is 42.3 Å². The molecule has 128 valence electrons. The molecule has 5 rings (SSSR count). The van der Waals surface area contributed by atoms with Crippen molar-refractivity contribution < 1.29 is 4.92 Å². The summed E-state index contributed by atoms with van der Waals surface area (Å²) in [7, 11) is 0. The normalized spacial score (nSPS) is 32.0. The highest BCUT2D eigenvalue weighted by molar-refractivity contribution is 9.10. The summed E-state index contributed by atoms with van der Waals surface area (Å²) in [5, 5.41) is 15.0. The lowest BCUT2D eigenvalue weighted by atomic mass is 9.68. The molecule has 0 amide bonds. The molecular formula is C20H19BrN2O2. The lowest BCUT2D eigenvalue weighted by Crippen LogP contribution is -2.35. The minimum absolute atomic E-state index is 0.211. The van der Waals surface area contributed by atoms with Crippen LogP contribution in [-0.2, 0) is 0 Å². The molecule has 0 unspecified atom stereocenters. The van der Waals surface area contributed by atoms with Crippen LogP contribution in [0.5, 0.6) is 0 Å². The molecule has 0 aromatic heterocycles. The van der Waals surface area contributed by atoms with Gasteiger partial charge < -0.3 is 5.32 Å². The summed E-state index contributed by atoms with van der Waals surface area (Å²) in [4.78, 5) is 11.0. The first kappa shape index (κ1) is 15.4. The number of anilines is 1. The number of non-ortho nitro benzene ring substituents is 1. The molecular weight excluding hydrogens is 380 g/mol. The van der Waals surface area contributed by atoms with E-state index >= 15 is 0 Å². The summed E-state index contributed by atoms with van der Waals surface area (Å²) < 4.78 is 1.10. The molecule has 5 atom stereocenters. The van der Waals surface area contributed by atoms with Gasteiger partial charge >= 0.3 is 0 Å². The number of nitro benzene ring substituents is 1. The van der Waals surface area contributed by atoms with Crippen LogP contribution in [0.15, 0.2) is 46.9 Å². The van der Waals surface area contributed by atoms with E-state index in [1.165, 1.54) is 24.8 Å². The Kier molecular flexibility index (Phi) is 3.42. The highest BCUT2D eigenvalue weighted by atomic mass is 79.9. The van der Waals surface area contributed by atoms with Crippen molar-refractivity contribution >= 4 is 27.3 Å². The zero-order chi connectivity index (χ0) is 17.1. The Bertz CT molecular complexity index is 869. The molecule has 1 aliphatic heterocycles. The largest absolute Gasteiger partial charge is 0.378 e. The van der Waals surface area contributed by atoms with Crippen molar-refractivity contribution in [2.45, 2.75) is 31.2 Å². The number of halogens is 1. The van der Waals surface area contributed by atoms with Crippen LogP contribution < -0.4 is 5.32 Å². The van der Waals surface area contributed by atoms with Crippen LogP contribution >= 0.6 is 15.9 Å². The molecule has 1 heterocycles. The lowest BCUT2D eigenvalue weighted by Gasteiger charge is -2.43. The Hall–Kier alpha value is -1.88. The van der Waals surface area contributed by atoms with Crippen molar-refractivity contribution in [3.8, 4) is 0 Å². The Balaban J connectivity index is 1.64. The summed E-state index contributed by atoms with van der Waals surface area (Å²) in [6, 6.07) is 14.2. The number of nitrogens with one attached hydrogen (secondary N) is 1.